The zero-order valence-corrected chi connectivity index (χ0v) is 13.5. The Morgan fingerprint density at radius 3 is 2.68 bits per heavy atom. The quantitative estimate of drug-likeness (QED) is 0.907. The number of aryl methyl sites for hydroxylation is 1. The van der Waals surface area contributed by atoms with Crippen molar-refractivity contribution in [1.29, 1.82) is 0 Å². The Hall–Kier alpha value is -1.19. The molecule has 3 heteroatoms. The van der Waals surface area contributed by atoms with Gasteiger partial charge in [-0.05, 0) is 57.3 Å². The first-order valence-corrected chi connectivity index (χ1v) is 8.84. The van der Waals surface area contributed by atoms with E-state index in [1.165, 1.54) is 31.4 Å². The summed E-state index contributed by atoms with van der Waals surface area (Å²) >= 11 is 0. The van der Waals surface area contributed by atoms with Crippen LogP contribution >= 0.6 is 0 Å². The molecule has 0 aliphatic carbocycles. The van der Waals surface area contributed by atoms with Crippen molar-refractivity contribution in [2.24, 2.45) is 5.92 Å². The number of carbonyl (C=O) groups is 1. The number of rotatable bonds is 5. The van der Waals surface area contributed by atoms with Crippen LogP contribution in [0.1, 0.15) is 37.7 Å². The minimum atomic E-state index is 0.271. The zero-order valence-electron chi connectivity index (χ0n) is 13.5. The number of benzene rings is 1. The summed E-state index contributed by atoms with van der Waals surface area (Å²) in [5.74, 6) is 0.745. The van der Waals surface area contributed by atoms with Gasteiger partial charge in [0.2, 0.25) is 0 Å². The van der Waals surface area contributed by atoms with Gasteiger partial charge in [-0.1, -0.05) is 30.3 Å². The number of carbonyl (C=O) groups excluding carboxylic acids is 1. The average molecular weight is 300 g/mol. The predicted molar refractivity (Wildman–Crippen MR) is 90.0 cm³/mol. The van der Waals surface area contributed by atoms with Crippen molar-refractivity contribution in [2.45, 2.75) is 44.6 Å². The first-order chi connectivity index (χ1) is 10.8. The van der Waals surface area contributed by atoms with Crippen LogP contribution in [0.3, 0.4) is 0 Å². The molecule has 2 fully saturated rings. The number of Topliss-reactive ketones (excluding diaryl/α,β-unsaturated/α-hetero) is 1. The van der Waals surface area contributed by atoms with Crippen LogP contribution in [0.4, 0.5) is 0 Å². The Balaban J connectivity index is 1.49. The number of likely N-dealkylation sites (tertiary alicyclic amines) is 1. The van der Waals surface area contributed by atoms with Crippen LogP contribution in [0.25, 0.3) is 0 Å². The molecule has 2 aliphatic heterocycles. The predicted octanol–water partition coefficient (Wildman–Crippen LogP) is 2.65. The van der Waals surface area contributed by atoms with Crippen LogP contribution in [-0.4, -0.2) is 42.9 Å². The number of ketones is 1. The van der Waals surface area contributed by atoms with E-state index in [2.05, 4.69) is 34.5 Å². The first-order valence-electron chi connectivity index (χ1n) is 8.84. The smallest absolute Gasteiger partial charge is 0.137 e. The monoisotopic (exact) mass is 300 g/mol. The molecule has 0 unspecified atom stereocenters. The van der Waals surface area contributed by atoms with Crippen LogP contribution < -0.4 is 5.32 Å². The minimum absolute atomic E-state index is 0.271. The second-order valence-corrected chi connectivity index (χ2v) is 6.77. The summed E-state index contributed by atoms with van der Waals surface area (Å²) < 4.78 is 0. The van der Waals surface area contributed by atoms with Crippen molar-refractivity contribution in [3.8, 4) is 0 Å². The van der Waals surface area contributed by atoms with Crippen molar-refractivity contribution < 1.29 is 4.79 Å². The Morgan fingerprint density at radius 2 is 1.91 bits per heavy atom. The van der Waals surface area contributed by atoms with E-state index in [1.54, 1.807) is 0 Å². The van der Waals surface area contributed by atoms with E-state index < -0.39 is 0 Å². The second kappa shape index (κ2) is 7.89. The van der Waals surface area contributed by atoms with Crippen molar-refractivity contribution in [2.75, 3.05) is 26.2 Å². The van der Waals surface area contributed by atoms with Crippen molar-refractivity contribution in [3.05, 3.63) is 35.9 Å². The lowest BCUT2D eigenvalue weighted by Gasteiger charge is -2.39. The zero-order chi connectivity index (χ0) is 15.2. The highest BCUT2D eigenvalue weighted by Gasteiger charge is 2.29. The molecule has 22 heavy (non-hydrogen) atoms. The fourth-order valence-electron chi connectivity index (χ4n) is 3.89. The van der Waals surface area contributed by atoms with Crippen molar-refractivity contribution >= 4 is 5.78 Å². The molecule has 120 valence electrons. The maximum atomic E-state index is 12.6. The van der Waals surface area contributed by atoms with Crippen molar-refractivity contribution in [3.63, 3.8) is 0 Å². The SMILES string of the molecule is O=C(CCc1ccccc1)[C@H]1CCCN(C2CCNCC2)C1. The molecule has 0 amide bonds. The molecule has 0 saturated carbocycles. The van der Waals surface area contributed by atoms with E-state index in [-0.39, 0.29) is 5.92 Å². The van der Waals surface area contributed by atoms with Gasteiger partial charge in [0.15, 0.2) is 0 Å². The van der Waals surface area contributed by atoms with Crippen LogP contribution in [0, 0.1) is 5.92 Å². The lowest BCUT2D eigenvalue weighted by atomic mass is 9.89. The van der Waals surface area contributed by atoms with E-state index in [0.29, 0.717) is 18.2 Å². The summed E-state index contributed by atoms with van der Waals surface area (Å²) in [4.78, 5) is 15.2. The summed E-state index contributed by atoms with van der Waals surface area (Å²) in [5.41, 5.74) is 1.28. The molecule has 1 aromatic carbocycles. The van der Waals surface area contributed by atoms with Gasteiger partial charge in [-0.15, -0.1) is 0 Å². The molecule has 0 bridgehead atoms. The number of hydrogen-bond donors (Lipinski definition) is 1. The topological polar surface area (TPSA) is 32.3 Å². The number of piperidine rings is 2. The number of hydrogen-bond acceptors (Lipinski definition) is 3. The maximum absolute atomic E-state index is 12.6. The second-order valence-electron chi connectivity index (χ2n) is 6.77. The molecule has 2 aliphatic rings. The number of nitrogens with zero attached hydrogens (tertiary/aromatic N) is 1. The van der Waals surface area contributed by atoms with Crippen LogP contribution in [0.2, 0.25) is 0 Å². The fraction of sp³-hybridized carbons (Fsp3) is 0.632. The molecule has 1 aromatic rings. The Bertz CT molecular complexity index is 468. The van der Waals surface area contributed by atoms with Gasteiger partial charge in [-0.2, -0.15) is 0 Å². The molecular formula is C19H28N2O. The van der Waals surface area contributed by atoms with E-state index in [0.717, 1.165) is 32.5 Å². The highest BCUT2D eigenvalue weighted by Crippen LogP contribution is 2.24. The van der Waals surface area contributed by atoms with E-state index in [1.807, 2.05) is 6.07 Å². The van der Waals surface area contributed by atoms with Gasteiger partial charge in [-0.3, -0.25) is 9.69 Å². The summed E-state index contributed by atoms with van der Waals surface area (Å²) in [5, 5.41) is 3.43. The lowest BCUT2D eigenvalue weighted by Crippen LogP contribution is -2.48. The summed E-state index contributed by atoms with van der Waals surface area (Å²) in [6.45, 7) is 4.45. The molecule has 3 nitrogen and oxygen atoms in total. The third-order valence-electron chi connectivity index (χ3n) is 5.24. The average Bonchev–Trinajstić information content (AvgIpc) is 2.61. The Kier molecular flexibility index (Phi) is 5.63. The van der Waals surface area contributed by atoms with Crippen LogP contribution in [0.15, 0.2) is 30.3 Å². The van der Waals surface area contributed by atoms with Gasteiger partial charge >= 0.3 is 0 Å². The maximum Gasteiger partial charge on any atom is 0.137 e. The van der Waals surface area contributed by atoms with Gasteiger partial charge in [-0.25, -0.2) is 0 Å². The molecule has 2 saturated heterocycles. The molecule has 0 radical (unpaired) electrons. The summed E-state index contributed by atoms with van der Waals surface area (Å²) in [6, 6.07) is 11.1. The molecule has 3 rings (SSSR count). The summed E-state index contributed by atoms with van der Waals surface area (Å²) in [7, 11) is 0. The van der Waals surface area contributed by atoms with Gasteiger partial charge in [0.25, 0.3) is 0 Å². The van der Waals surface area contributed by atoms with Crippen molar-refractivity contribution in [1.82, 2.24) is 10.2 Å². The van der Waals surface area contributed by atoms with E-state index >= 15 is 0 Å². The standard InChI is InChI=1S/C19H28N2O/c22-19(9-8-16-5-2-1-3-6-16)17-7-4-14-21(15-17)18-10-12-20-13-11-18/h1-3,5-6,17-18,20H,4,7-15H2/t17-/m0/s1. The molecule has 1 N–H and O–H groups in total. The molecule has 1 atom stereocenters. The van der Waals surface area contributed by atoms with Gasteiger partial charge in [0.05, 0.1) is 0 Å². The third kappa shape index (κ3) is 4.17. The fourth-order valence-corrected chi connectivity index (χ4v) is 3.89. The highest BCUT2D eigenvalue weighted by molar-refractivity contribution is 5.81. The Labute approximate surface area is 134 Å². The van der Waals surface area contributed by atoms with Crippen LogP contribution in [0.5, 0.6) is 0 Å². The van der Waals surface area contributed by atoms with Crippen LogP contribution in [-0.2, 0) is 11.2 Å². The first kappa shape index (κ1) is 15.7. The normalized spacial score (nSPS) is 24.3. The number of nitrogens with one attached hydrogen (secondary N) is 1. The van der Waals surface area contributed by atoms with Gasteiger partial charge in [0.1, 0.15) is 5.78 Å². The minimum Gasteiger partial charge on any atom is -0.317 e. The molecule has 0 aromatic heterocycles. The largest absolute Gasteiger partial charge is 0.317 e. The molecular weight excluding hydrogens is 272 g/mol. The lowest BCUT2D eigenvalue weighted by molar-refractivity contribution is -0.124. The van der Waals surface area contributed by atoms with Gasteiger partial charge < -0.3 is 5.32 Å². The van der Waals surface area contributed by atoms with E-state index in [4.69, 9.17) is 0 Å². The Morgan fingerprint density at radius 1 is 1.14 bits per heavy atom. The van der Waals surface area contributed by atoms with Gasteiger partial charge in [0, 0.05) is 24.9 Å². The third-order valence-corrected chi connectivity index (χ3v) is 5.24. The molecule has 2 heterocycles. The molecule has 0 spiro atoms. The van der Waals surface area contributed by atoms with E-state index in [9.17, 15) is 4.79 Å². The summed E-state index contributed by atoms with van der Waals surface area (Å²) in [6.07, 6.45) is 6.36. The highest BCUT2D eigenvalue weighted by atomic mass is 16.1.